The average molecular weight is 284 g/mol. The Morgan fingerprint density at radius 1 is 1.42 bits per heavy atom. The molecule has 0 bridgehead atoms. The quantitative estimate of drug-likeness (QED) is 0.919. The lowest BCUT2D eigenvalue weighted by molar-refractivity contribution is -0.134. The Labute approximate surface area is 117 Å². The fraction of sp³-hybridized carbons (Fsp3) is 0.500. The summed E-state index contributed by atoms with van der Waals surface area (Å²) in [5, 5.41) is 9.64. The Bertz CT molecular complexity index is 430. The molecule has 1 amide bonds. The van der Waals surface area contributed by atoms with Crippen LogP contribution in [-0.4, -0.2) is 42.2 Å². The fourth-order valence-corrected chi connectivity index (χ4v) is 2.34. The van der Waals surface area contributed by atoms with Crippen LogP contribution >= 0.6 is 11.6 Å². The van der Waals surface area contributed by atoms with Crippen molar-refractivity contribution in [2.75, 3.05) is 26.3 Å². The van der Waals surface area contributed by atoms with E-state index in [9.17, 15) is 4.79 Å². The molecular weight excluding hydrogens is 266 g/mol. The summed E-state index contributed by atoms with van der Waals surface area (Å²) in [7, 11) is 0. The maximum absolute atomic E-state index is 12.0. The van der Waals surface area contributed by atoms with Gasteiger partial charge in [-0.25, -0.2) is 0 Å². The predicted octanol–water partition coefficient (Wildman–Crippen LogP) is 1.95. The molecule has 1 aliphatic heterocycles. The van der Waals surface area contributed by atoms with Crippen molar-refractivity contribution in [2.24, 2.45) is 5.92 Å². The molecule has 0 aliphatic carbocycles. The van der Waals surface area contributed by atoms with E-state index in [2.05, 4.69) is 0 Å². The van der Waals surface area contributed by atoms with E-state index in [4.69, 9.17) is 21.4 Å². The van der Waals surface area contributed by atoms with Crippen LogP contribution < -0.4 is 4.74 Å². The van der Waals surface area contributed by atoms with Gasteiger partial charge in [0.25, 0.3) is 5.91 Å². The molecule has 0 aromatic heterocycles. The third-order valence-corrected chi connectivity index (χ3v) is 3.62. The van der Waals surface area contributed by atoms with Gasteiger partial charge in [-0.3, -0.25) is 4.79 Å². The van der Waals surface area contributed by atoms with E-state index in [0.29, 0.717) is 29.8 Å². The monoisotopic (exact) mass is 283 g/mol. The van der Waals surface area contributed by atoms with Crippen LogP contribution in [0.1, 0.15) is 12.8 Å². The molecule has 1 aliphatic rings. The number of likely N-dealkylation sites (tertiary alicyclic amines) is 1. The number of piperidine rings is 1. The molecular formula is C14H18ClNO3. The number of aliphatic hydroxyl groups is 1. The Balaban J connectivity index is 1.79. The van der Waals surface area contributed by atoms with Crippen LogP contribution in [0.25, 0.3) is 0 Å². The zero-order chi connectivity index (χ0) is 13.7. The second-order valence-electron chi connectivity index (χ2n) is 4.75. The van der Waals surface area contributed by atoms with Gasteiger partial charge < -0.3 is 14.7 Å². The van der Waals surface area contributed by atoms with Crippen molar-refractivity contribution in [3.63, 3.8) is 0 Å². The van der Waals surface area contributed by atoms with Gasteiger partial charge in [0.2, 0.25) is 0 Å². The van der Waals surface area contributed by atoms with E-state index in [1.807, 2.05) is 0 Å². The van der Waals surface area contributed by atoms with Gasteiger partial charge in [-0.2, -0.15) is 0 Å². The Morgan fingerprint density at radius 3 is 2.79 bits per heavy atom. The summed E-state index contributed by atoms with van der Waals surface area (Å²) in [4.78, 5) is 13.7. The minimum absolute atomic E-state index is 0.0173. The molecule has 5 heteroatoms. The van der Waals surface area contributed by atoms with Gasteiger partial charge in [0.05, 0.1) is 0 Å². The number of ether oxygens (including phenoxy) is 1. The highest BCUT2D eigenvalue weighted by molar-refractivity contribution is 6.30. The van der Waals surface area contributed by atoms with Gasteiger partial charge in [-0.05, 0) is 37.0 Å². The first-order valence-corrected chi connectivity index (χ1v) is 6.84. The summed E-state index contributed by atoms with van der Waals surface area (Å²) in [5.41, 5.74) is 0. The SMILES string of the molecule is O=C(COc1cccc(Cl)c1)N1CCC(CO)CC1. The largest absolute Gasteiger partial charge is 0.484 e. The van der Waals surface area contributed by atoms with Crippen LogP contribution in [0.15, 0.2) is 24.3 Å². The van der Waals surface area contributed by atoms with Gasteiger partial charge in [-0.15, -0.1) is 0 Å². The average Bonchev–Trinajstić information content (AvgIpc) is 2.45. The standard InChI is InChI=1S/C14H18ClNO3/c15-12-2-1-3-13(8-12)19-10-14(18)16-6-4-11(9-17)5-7-16/h1-3,8,11,17H,4-7,9-10H2. The molecule has 4 nitrogen and oxygen atoms in total. The van der Waals surface area contributed by atoms with E-state index >= 15 is 0 Å². The first-order chi connectivity index (χ1) is 9.19. The van der Waals surface area contributed by atoms with Gasteiger partial charge in [0.15, 0.2) is 6.61 Å². The summed E-state index contributed by atoms with van der Waals surface area (Å²) in [6, 6.07) is 7.01. The molecule has 1 aromatic rings. The third-order valence-electron chi connectivity index (χ3n) is 3.38. The number of benzene rings is 1. The van der Waals surface area contributed by atoms with E-state index in [1.165, 1.54) is 0 Å². The summed E-state index contributed by atoms with van der Waals surface area (Å²) >= 11 is 5.84. The second-order valence-corrected chi connectivity index (χ2v) is 5.19. The van der Waals surface area contributed by atoms with Crippen LogP contribution in [0.5, 0.6) is 5.75 Å². The number of carbonyl (C=O) groups excluding carboxylic acids is 1. The number of amides is 1. The van der Waals surface area contributed by atoms with Gasteiger partial charge >= 0.3 is 0 Å². The highest BCUT2D eigenvalue weighted by Gasteiger charge is 2.22. The summed E-state index contributed by atoms with van der Waals surface area (Å²) < 4.78 is 5.43. The van der Waals surface area contributed by atoms with Gasteiger partial charge in [0, 0.05) is 24.7 Å². The summed E-state index contributed by atoms with van der Waals surface area (Å²) in [6.45, 7) is 1.64. The number of halogens is 1. The van der Waals surface area contributed by atoms with Crippen molar-refractivity contribution in [1.29, 1.82) is 0 Å². The van der Waals surface area contributed by atoms with Crippen molar-refractivity contribution in [1.82, 2.24) is 4.90 Å². The van der Waals surface area contributed by atoms with E-state index in [0.717, 1.165) is 12.8 Å². The van der Waals surface area contributed by atoms with Gasteiger partial charge in [-0.1, -0.05) is 17.7 Å². The Kier molecular flexibility index (Phi) is 5.05. The maximum atomic E-state index is 12.0. The van der Waals surface area contributed by atoms with Crippen molar-refractivity contribution in [3.8, 4) is 5.75 Å². The van der Waals surface area contributed by atoms with Crippen molar-refractivity contribution >= 4 is 17.5 Å². The summed E-state index contributed by atoms with van der Waals surface area (Å²) in [6.07, 6.45) is 1.72. The van der Waals surface area contributed by atoms with Crippen LogP contribution in [0.4, 0.5) is 0 Å². The van der Waals surface area contributed by atoms with Crippen LogP contribution in [0, 0.1) is 5.92 Å². The number of carbonyl (C=O) groups is 1. The lowest BCUT2D eigenvalue weighted by Crippen LogP contribution is -2.41. The molecule has 2 rings (SSSR count). The molecule has 0 atom stereocenters. The number of aliphatic hydroxyl groups excluding tert-OH is 1. The molecule has 104 valence electrons. The third kappa shape index (κ3) is 4.11. The molecule has 19 heavy (non-hydrogen) atoms. The molecule has 0 spiro atoms. The van der Waals surface area contributed by atoms with E-state index < -0.39 is 0 Å². The molecule has 0 radical (unpaired) electrons. The topological polar surface area (TPSA) is 49.8 Å². The van der Waals surface area contributed by atoms with Crippen LogP contribution in [0.2, 0.25) is 5.02 Å². The minimum atomic E-state index is -0.0173. The number of hydrogen-bond donors (Lipinski definition) is 1. The molecule has 1 saturated heterocycles. The van der Waals surface area contributed by atoms with E-state index in [1.54, 1.807) is 29.2 Å². The normalized spacial score (nSPS) is 16.4. The molecule has 1 N–H and O–H groups in total. The molecule has 1 heterocycles. The number of rotatable bonds is 4. The smallest absolute Gasteiger partial charge is 0.260 e. The zero-order valence-corrected chi connectivity index (χ0v) is 11.5. The zero-order valence-electron chi connectivity index (χ0n) is 10.7. The predicted molar refractivity (Wildman–Crippen MR) is 73.3 cm³/mol. The summed E-state index contributed by atoms with van der Waals surface area (Å²) in [5.74, 6) is 0.917. The van der Waals surface area contributed by atoms with Gasteiger partial charge in [0.1, 0.15) is 5.75 Å². The molecule has 0 saturated carbocycles. The van der Waals surface area contributed by atoms with E-state index in [-0.39, 0.29) is 19.1 Å². The molecule has 1 aromatic carbocycles. The first kappa shape index (κ1) is 14.2. The number of hydrogen-bond acceptors (Lipinski definition) is 3. The Morgan fingerprint density at radius 2 is 2.16 bits per heavy atom. The lowest BCUT2D eigenvalue weighted by atomic mass is 9.98. The number of nitrogens with zero attached hydrogens (tertiary/aromatic N) is 1. The molecule has 0 unspecified atom stereocenters. The highest BCUT2D eigenvalue weighted by Crippen LogP contribution is 2.18. The van der Waals surface area contributed by atoms with Crippen LogP contribution in [-0.2, 0) is 4.79 Å². The molecule has 1 fully saturated rings. The fourth-order valence-electron chi connectivity index (χ4n) is 2.16. The lowest BCUT2D eigenvalue weighted by Gasteiger charge is -2.31. The second kappa shape index (κ2) is 6.78. The highest BCUT2D eigenvalue weighted by atomic mass is 35.5. The van der Waals surface area contributed by atoms with Crippen molar-refractivity contribution < 1.29 is 14.6 Å². The maximum Gasteiger partial charge on any atom is 0.260 e. The Hall–Kier alpha value is -1.26. The van der Waals surface area contributed by atoms with Crippen molar-refractivity contribution in [3.05, 3.63) is 29.3 Å². The first-order valence-electron chi connectivity index (χ1n) is 6.46. The van der Waals surface area contributed by atoms with Crippen molar-refractivity contribution in [2.45, 2.75) is 12.8 Å². The van der Waals surface area contributed by atoms with Crippen LogP contribution in [0.3, 0.4) is 0 Å². The minimum Gasteiger partial charge on any atom is -0.484 e.